The largest absolute Gasteiger partial charge is 0.481 e. The number of carbonyl (C=O) groups is 1. The molecule has 2 aromatic carbocycles. The molecule has 0 fully saturated rings. The zero-order valence-corrected chi connectivity index (χ0v) is 17.8. The third-order valence-corrected chi connectivity index (χ3v) is 5.36. The molecule has 3 rings (SSSR count). The van der Waals surface area contributed by atoms with Crippen LogP contribution in [0.1, 0.15) is 63.5 Å². The van der Waals surface area contributed by atoms with Gasteiger partial charge in [-0.15, -0.1) is 0 Å². The Morgan fingerprint density at radius 1 is 0.968 bits per heavy atom. The number of nitrogens with one attached hydrogen (secondary N) is 1. The van der Waals surface area contributed by atoms with Crippen molar-refractivity contribution in [2.24, 2.45) is 0 Å². The van der Waals surface area contributed by atoms with E-state index in [1.165, 1.54) is 6.42 Å². The van der Waals surface area contributed by atoms with E-state index in [1.807, 2.05) is 42.5 Å². The number of fused-ring (bicyclic) bond motifs is 1. The van der Waals surface area contributed by atoms with Gasteiger partial charge in [-0.2, -0.15) is 10.2 Å². The number of aliphatic carboxylic acids is 1. The van der Waals surface area contributed by atoms with Crippen molar-refractivity contribution in [1.29, 1.82) is 5.26 Å². The van der Waals surface area contributed by atoms with Gasteiger partial charge in [0, 0.05) is 18.5 Å². The second-order valence-corrected chi connectivity index (χ2v) is 7.73. The monoisotopic (exact) mass is 419 g/mol. The number of benzene rings is 2. The maximum atomic E-state index is 10.5. The molecule has 6 nitrogen and oxygen atoms in total. The van der Waals surface area contributed by atoms with E-state index in [9.17, 15) is 10.1 Å². The van der Waals surface area contributed by atoms with Crippen LogP contribution in [0.3, 0.4) is 0 Å². The molecule has 0 spiro atoms. The van der Waals surface area contributed by atoms with Crippen LogP contribution in [0.15, 0.2) is 46.9 Å². The Hall–Kier alpha value is -3.33. The molecule has 1 aromatic heterocycles. The normalized spacial score (nSPS) is 10.8. The van der Waals surface area contributed by atoms with Crippen molar-refractivity contribution in [3.05, 3.63) is 48.2 Å². The van der Waals surface area contributed by atoms with Gasteiger partial charge in [-0.25, -0.2) is 0 Å². The van der Waals surface area contributed by atoms with Crippen LogP contribution in [-0.4, -0.2) is 22.6 Å². The molecule has 0 bridgehead atoms. The standard InChI is InChI=1S/C25H29N3O3/c26-18-22-25(27-17-10-6-4-2-1-3-5-7-16-23(29)30)31-24(28-22)21-15-11-13-19-12-8-9-14-20(19)21/h8-9,11-15,27H,1-7,10,16-17H2,(H,29,30). The van der Waals surface area contributed by atoms with E-state index in [1.54, 1.807) is 0 Å². The number of carboxylic acid groups (broad SMARTS) is 1. The molecule has 31 heavy (non-hydrogen) atoms. The Labute approximate surface area is 182 Å². The van der Waals surface area contributed by atoms with Gasteiger partial charge in [-0.3, -0.25) is 4.79 Å². The molecule has 0 unspecified atom stereocenters. The van der Waals surface area contributed by atoms with Crippen LogP contribution >= 0.6 is 0 Å². The topological polar surface area (TPSA) is 99.2 Å². The molecule has 3 aromatic rings. The Kier molecular flexibility index (Phi) is 8.48. The second kappa shape index (κ2) is 11.8. The number of anilines is 1. The van der Waals surface area contributed by atoms with Crippen molar-refractivity contribution >= 4 is 22.6 Å². The highest BCUT2D eigenvalue weighted by Gasteiger charge is 2.15. The summed E-state index contributed by atoms with van der Waals surface area (Å²) in [5.74, 6) is 0.186. The molecule has 0 aliphatic heterocycles. The lowest BCUT2D eigenvalue weighted by atomic mass is 10.0. The van der Waals surface area contributed by atoms with E-state index >= 15 is 0 Å². The first-order chi connectivity index (χ1) is 15.2. The van der Waals surface area contributed by atoms with Gasteiger partial charge in [-0.1, -0.05) is 74.9 Å². The van der Waals surface area contributed by atoms with Gasteiger partial charge in [0.15, 0.2) is 0 Å². The number of rotatable bonds is 13. The van der Waals surface area contributed by atoms with Crippen LogP contribution in [0.25, 0.3) is 22.2 Å². The minimum atomic E-state index is -0.706. The Morgan fingerprint density at radius 3 is 2.39 bits per heavy atom. The molecule has 0 saturated carbocycles. The summed E-state index contributed by atoms with van der Waals surface area (Å²) in [6.45, 7) is 0.734. The summed E-state index contributed by atoms with van der Waals surface area (Å²) in [4.78, 5) is 14.9. The van der Waals surface area contributed by atoms with Gasteiger partial charge in [0.2, 0.25) is 17.5 Å². The van der Waals surface area contributed by atoms with E-state index < -0.39 is 5.97 Å². The third kappa shape index (κ3) is 6.58. The fourth-order valence-corrected chi connectivity index (χ4v) is 3.71. The highest BCUT2D eigenvalue weighted by Crippen LogP contribution is 2.31. The minimum absolute atomic E-state index is 0.278. The van der Waals surface area contributed by atoms with E-state index in [0.29, 0.717) is 11.8 Å². The summed E-state index contributed by atoms with van der Waals surface area (Å²) in [6.07, 6.45) is 8.73. The first-order valence-corrected chi connectivity index (χ1v) is 11.0. The zero-order chi connectivity index (χ0) is 21.9. The first-order valence-electron chi connectivity index (χ1n) is 11.0. The summed E-state index contributed by atoms with van der Waals surface area (Å²) in [6, 6.07) is 16.1. The van der Waals surface area contributed by atoms with Crippen molar-refractivity contribution in [3.8, 4) is 17.5 Å². The number of hydrogen-bond donors (Lipinski definition) is 2. The van der Waals surface area contributed by atoms with E-state index in [4.69, 9.17) is 9.52 Å². The van der Waals surface area contributed by atoms with Gasteiger partial charge in [0.25, 0.3) is 0 Å². The molecule has 6 heteroatoms. The zero-order valence-electron chi connectivity index (χ0n) is 17.8. The summed E-state index contributed by atoms with van der Waals surface area (Å²) in [5, 5.41) is 23.4. The number of nitriles is 1. The van der Waals surface area contributed by atoms with Gasteiger partial charge in [0.05, 0.1) is 0 Å². The van der Waals surface area contributed by atoms with Crippen molar-refractivity contribution in [2.45, 2.75) is 57.8 Å². The summed E-state index contributed by atoms with van der Waals surface area (Å²) < 4.78 is 5.91. The average molecular weight is 420 g/mol. The van der Waals surface area contributed by atoms with Crippen LogP contribution in [0.5, 0.6) is 0 Å². The van der Waals surface area contributed by atoms with Crippen LogP contribution in [0, 0.1) is 11.3 Å². The summed E-state index contributed by atoms with van der Waals surface area (Å²) >= 11 is 0. The number of unbranched alkanes of at least 4 members (excludes halogenated alkanes) is 7. The van der Waals surface area contributed by atoms with Crippen LogP contribution in [0.4, 0.5) is 5.88 Å². The first kappa shape index (κ1) is 22.4. The van der Waals surface area contributed by atoms with E-state index in [-0.39, 0.29) is 12.1 Å². The van der Waals surface area contributed by atoms with Gasteiger partial charge in [0.1, 0.15) is 6.07 Å². The molecule has 0 radical (unpaired) electrons. The van der Waals surface area contributed by atoms with Gasteiger partial charge in [-0.05, 0) is 29.7 Å². The number of oxazole rings is 1. The predicted octanol–water partition coefficient (Wildman–Crippen LogP) is 6.37. The van der Waals surface area contributed by atoms with Gasteiger partial charge < -0.3 is 14.8 Å². The Balaban J connectivity index is 1.43. The molecular formula is C25H29N3O3. The number of hydrogen-bond acceptors (Lipinski definition) is 5. The highest BCUT2D eigenvalue weighted by atomic mass is 16.4. The van der Waals surface area contributed by atoms with Crippen LogP contribution in [-0.2, 0) is 4.79 Å². The number of carboxylic acids is 1. The lowest BCUT2D eigenvalue weighted by Crippen LogP contribution is -2.01. The Bertz CT molecular complexity index is 1030. The number of nitrogens with zero attached hydrogens (tertiary/aromatic N) is 2. The van der Waals surface area contributed by atoms with Crippen molar-refractivity contribution in [3.63, 3.8) is 0 Å². The Morgan fingerprint density at radius 2 is 1.65 bits per heavy atom. The van der Waals surface area contributed by atoms with Crippen molar-refractivity contribution < 1.29 is 14.3 Å². The van der Waals surface area contributed by atoms with E-state index in [0.717, 1.165) is 67.8 Å². The molecule has 0 saturated heterocycles. The molecule has 0 aliphatic carbocycles. The van der Waals surface area contributed by atoms with E-state index in [2.05, 4.69) is 16.4 Å². The molecule has 0 atom stereocenters. The molecule has 0 aliphatic rings. The predicted molar refractivity (Wildman–Crippen MR) is 122 cm³/mol. The number of aromatic nitrogens is 1. The lowest BCUT2D eigenvalue weighted by Gasteiger charge is -2.04. The smallest absolute Gasteiger partial charge is 0.303 e. The summed E-state index contributed by atoms with van der Waals surface area (Å²) in [7, 11) is 0. The average Bonchev–Trinajstić information content (AvgIpc) is 3.19. The molecule has 2 N–H and O–H groups in total. The third-order valence-electron chi connectivity index (χ3n) is 5.36. The minimum Gasteiger partial charge on any atom is -0.481 e. The lowest BCUT2D eigenvalue weighted by molar-refractivity contribution is -0.137. The molecule has 0 amide bonds. The molecular weight excluding hydrogens is 390 g/mol. The van der Waals surface area contributed by atoms with Crippen molar-refractivity contribution in [1.82, 2.24) is 4.98 Å². The highest BCUT2D eigenvalue weighted by molar-refractivity contribution is 5.94. The SMILES string of the molecule is N#Cc1nc(-c2cccc3ccccc23)oc1NCCCCCCCCCCC(=O)O. The van der Waals surface area contributed by atoms with Crippen LogP contribution < -0.4 is 5.32 Å². The maximum Gasteiger partial charge on any atom is 0.303 e. The fourth-order valence-electron chi connectivity index (χ4n) is 3.71. The second-order valence-electron chi connectivity index (χ2n) is 7.73. The van der Waals surface area contributed by atoms with Crippen LogP contribution in [0.2, 0.25) is 0 Å². The fraction of sp³-hybridized carbons (Fsp3) is 0.400. The maximum absolute atomic E-state index is 10.5. The quantitative estimate of drug-likeness (QED) is 0.312. The molecule has 162 valence electrons. The summed E-state index contributed by atoms with van der Waals surface area (Å²) in [5.41, 5.74) is 1.16. The van der Waals surface area contributed by atoms with Crippen molar-refractivity contribution in [2.75, 3.05) is 11.9 Å². The molecule has 1 heterocycles. The van der Waals surface area contributed by atoms with Gasteiger partial charge >= 0.3 is 5.97 Å².